The lowest BCUT2D eigenvalue weighted by Gasteiger charge is -2.35. The molecule has 5 nitrogen and oxygen atoms in total. The maximum Gasteiger partial charge on any atom is 0.235 e. The van der Waals surface area contributed by atoms with Crippen molar-refractivity contribution in [1.29, 1.82) is 5.26 Å². The van der Waals surface area contributed by atoms with Crippen LogP contribution < -0.4 is 9.80 Å². The van der Waals surface area contributed by atoms with Crippen molar-refractivity contribution in [2.24, 2.45) is 0 Å². The zero-order chi connectivity index (χ0) is 17.9. The monoisotopic (exact) mass is 348 g/mol. The number of anilines is 2. The zero-order valence-corrected chi connectivity index (χ0v) is 14.1. The van der Waals surface area contributed by atoms with E-state index in [4.69, 9.17) is 4.42 Å². The van der Waals surface area contributed by atoms with Crippen molar-refractivity contribution >= 4 is 11.6 Å². The Morgan fingerprint density at radius 1 is 0.923 bits per heavy atom. The summed E-state index contributed by atoms with van der Waals surface area (Å²) in [4.78, 5) is 8.62. The van der Waals surface area contributed by atoms with Crippen LogP contribution in [0.25, 0.3) is 11.5 Å². The van der Waals surface area contributed by atoms with Crippen molar-refractivity contribution in [3.05, 3.63) is 66.1 Å². The summed E-state index contributed by atoms with van der Waals surface area (Å²) < 4.78 is 19.0. The first-order chi connectivity index (χ1) is 12.7. The van der Waals surface area contributed by atoms with E-state index in [2.05, 4.69) is 28.1 Å². The van der Waals surface area contributed by atoms with Crippen LogP contribution in [0.3, 0.4) is 0 Å². The molecule has 0 atom stereocenters. The lowest BCUT2D eigenvalue weighted by molar-refractivity contribution is 0.531. The van der Waals surface area contributed by atoms with E-state index in [1.165, 1.54) is 17.8 Å². The van der Waals surface area contributed by atoms with Crippen LogP contribution in [0, 0.1) is 17.1 Å². The second kappa shape index (κ2) is 6.89. The zero-order valence-electron chi connectivity index (χ0n) is 14.1. The minimum absolute atomic E-state index is 0.262. The number of hydrogen-bond acceptors (Lipinski definition) is 5. The molecule has 1 aliphatic rings. The van der Waals surface area contributed by atoms with Gasteiger partial charge in [0.05, 0.1) is 0 Å². The number of nitriles is 1. The van der Waals surface area contributed by atoms with Crippen LogP contribution in [0.4, 0.5) is 16.0 Å². The van der Waals surface area contributed by atoms with E-state index in [1.807, 2.05) is 23.1 Å². The quantitative estimate of drug-likeness (QED) is 0.723. The van der Waals surface area contributed by atoms with Gasteiger partial charge in [0.25, 0.3) is 0 Å². The van der Waals surface area contributed by atoms with Crippen LogP contribution in [-0.2, 0) is 0 Å². The third-order valence-electron chi connectivity index (χ3n) is 4.49. The molecule has 6 heteroatoms. The Morgan fingerprint density at radius 3 is 2.23 bits per heavy atom. The molecule has 0 amide bonds. The van der Waals surface area contributed by atoms with Gasteiger partial charge < -0.3 is 14.2 Å². The van der Waals surface area contributed by atoms with Gasteiger partial charge in [0.15, 0.2) is 0 Å². The van der Waals surface area contributed by atoms with Crippen LogP contribution in [0.5, 0.6) is 0 Å². The largest absolute Gasteiger partial charge is 0.419 e. The maximum absolute atomic E-state index is 13.1. The van der Waals surface area contributed by atoms with Crippen molar-refractivity contribution in [2.75, 3.05) is 36.0 Å². The highest BCUT2D eigenvalue weighted by Crippen LogP contribution is 2.29. The summed E-state index contributed by atoms with van der Waals surface area (Å²) in [5, 5.41) is 9.41. The number of piperazine rings is 1. The van der Waals surface area contributed by atoms with Gasteiger partial charge in [-0.15, -0.1) is 0 Å². The van der Waals surface area contributed by atoms with Gasteiger partial charge in [-0.3, -0.25) is 0 Å². The molecule has 1 aliphatic heterocycles. The van der Waals surface area contributed by atoms with Gasteiger partial charge in [-0.05, 0) is 36.4 Å². The number of benzene rings is 2. The molecule has 26 heavy (non-hydrogen) atoms. The summed E-state index contributed by atoms with van der Waals surface area (Å²) in [6.45, 7) is 3.15. The van der Waals surface area contributed by atoms with E-state index < -0.39 is 0 Å². The molecule has 0 radical (unpaired) electrons. The summed E-state index contributed by atoms with van der Waals surface area (Å²) in [6, 6.07) is 18.2. The van der Waals surface area contributed by atoms with Gasteiger partial charge in [-0.2, -0.15) is 10.2 Å². The van der Waals surface area contributed by atoms with Gasteiger partial charge in [0.2, 0.25) is 17.5 Å². The molecule has 2 heterocycles. The normalized spacial score (nSPS) is 14.3. The van der Waals surface area contributed by atoms with Crippen molar-refractivity contribution in [1.82, 2.24) is 4.98 Å². The number of hydrogen-bond donors (Lipinski definition) is 0. The summed E-state index contributed by atoms with van der Waals surface area (Å²) in [7, 11) is 0. The molecule has 3 aromatic rings. The SMILES string of the molecule is N#Cc1nc(-c2ccc(F)cc2)oc1N1CCN(c2ccccc2)CC1. The smallest absolute Gasteiger partial charge is 0.235 e. The van der Waals surface area contributed by atoms with E-state index >= 15 is 0 Å². The van der Waals surface area contributed by atoms with Gasteiger partial charge in [0.1, 0.15) is 11.9 Å². The Labute approximate surface area is 150 Å². The molecule has 4 rings (SSSR count). The highest BCUT2D eigenvalue weighted by Gasteiger charge is 2.24. The van der Waals surface area contributed by atoms with Gasteiger partial charge in [0, 0.05) is 37.4 Å². The number of nitrogens with zero attached hydrogens (tertiary/aromatic N) is 4. The molecular formula is C20H17FN4O. The molecule has 0 bridgehead atoms. The highest BCUT2D eigenvalue weighted by molar-refractivity contribution is 5.60. The van der Waals surface area contributed by atoms with Crippen LogP contribution in [0.15, 0.2) is 59.0 Å². The Bertz CT molecular complexity index is 923. The van der Waals surface area contributed by atoms with Crippen molar-refractivity contribution < 1.29 is 8.81 Å². The first-order valence-electron chi connectivity index (χ1n) is 8.46. The van der Waals surface area contributed by atoms with Crippen molar-refractivity contribution in [2.45, 2.75) is 0 Å². The number of rotatable bonds is 3. The summed E-state index contributed by atoms with van der Waals surface area (Å²) in [6.07, 6.45) is 0. The van der Waals surface area contributed by atoms with E-state index in [9.17, 15) is 9.65 Å². The van der Waals surface area contributed by atoms with Gasteiger partial charge in [-0.1, -0.05) is 18.2 Å². The number of aromatic nitrogens is 1. The highest BCUT2D eigenvalue weighted by atomic mass is 19.1. The van der Waals surface area contributed by atoms with Gasteiger partial charge in [-0.25, -0.2) is 4.39 Å². The first-order valence-corrected chi connectivity index (χ1v) is 8.46. The van der Waals surface area contributed by atoms with Gasteiger partial charge >= 0.3 is 0 Å². The lowest BCUT2D eigenvalue weighted by Crippen LogP contribution is -2.46. The second-order valence-corrected chi connectivity index (χ2v) is 6.10. The third-order valence-corrected chi connectivity index (χ3v) is 4.49. The molecule has 0 aliphatic carbocycles. The summed E-state index contributed by atoms with van der Waals surface area (Å²) in [5.41, 5.74) is 2.10. The lowest BCUT2D eigenvalue weighted by atomic mass is 10.2. The Hall–Kier alpha value is -3.33. The summed E-state index contributed by atoms with van der Waals surface area (Å²) in [5.74, 6) is 0.500. The third kappa shape index (κ3) is 3.11. The maximum atomic E-state index is 13.1. The Balaban J connectivity index is 1.53. The van der Waals surface area contributed by atoms with Crippen LogP contribution >= 0.6 is 0 Å². The number of oxazole rings is 1. The van der Waals surface area contributed by atoms with Crippen LogP contribution in [0.2, 0.25) is 0 Å². The molecule has 2 aromatic carbocycles. The molecule has 0 N–H and O–H groups in total. The number of para-hydroxylation sites is 1. The molecule has 0 spiro atoms. The fourth-order valence-electron chi connectivity index (χ4n) is 3.12. The fourth-order valence-corrected chi connectivity index (χ4v) is 3.12. The average molecular weight is 348 g/mol. The standard InChI is InChI=1S/C20H17FN4O/c21-16-8-6-15(7-9-16)19-23-18(14-22)20(26-19)25-12-10-24(11-13-25)17-4-2-1-3-5-17/h1-9H,10-13H2. The topological polar surface area (TPSA) is 56.3 Å². The molecule has 0 unspecified atom stereocenters. The Morgan fingerprint density at radius 2 is 1.58 bits per heavy atom. The molecular weight excluding hydrogens is 331 g/mol. The minimum Gasteiger partial charge on any atom is -0.419 e. The van der Waals surface area contributed by atoms with Crippen molar-refractivity contribution in [3.8, 4) is 17.5 Å². The fraction of sp³-hybridized carbons (Fsp3) is 0.200. The summed E-state index contributed by atoms with van der Waals surface area (Å²) >= 11 is 0. The molecule has 130 valence electrons. The Kier molecular flexibility index (Phi) is 4.28. The first kappa shape index (κ1) is 16.2. The predicted molar refractivity (Wildman–Crippen MR) is 97.5 cm³/mol. The molecule has 1 saturated heterocycles. The van der Waals surface area contributed by atoms with E-state index in [0.29, 0.717) is 17.3 Å². The van der Waals surface area contributed by atoms with Crippen molar-refractivity contribution in [3.63, 3.8) is 0 Å². The molecule has 1 aromatic heterocycles. The van der Waals surface area contributed by atoms with E-state index in [1.54, 1.807) is 12.1 Å². The van der Waals surface area contributed by atoms with E-state index in [-0.39, 0.29) is 11.5 Å². The predicted octanol–water partition coefficient (Wildman–Crippen LogP) is 3.68. The average Bonchev–Trinajstić information content (AvgIpc) is 3.14. The van der Waals surface area contributed by atoms with Crippen LogP contribution in [-0.4, -0.2) is 31.2 Å². The molecule has 0 saturated carbocycles. The molecule has 1 fully saturated rings. The van der Waals surface area contributed by atoms with Crippen LogP contribution in [0.1, 0.15) is 5.69 Å². The second-order valence-electron chi connectivity index (χ2n) is 6.10. The van der Waals surface area contributed by atoms with E-state index in [0.717, 1.165) is 26.2 Å². The number of halogens is 1. The minimum atomic E-state index is -0.321.